The third-order valence-electron chi connectivity index (χ3n) is 4.53. The van der Waals surface area contributed by atoms with Crippen LogP contribution >= 0.6 is 0 Å². The molecule has 0 bridgehead atoms. The Labute approximate surface area is 115 Å². The molecule has 1 aromatic heterocycles. The zero-order chi connectivity index (χ0) is 13.2. The van der Waals surface area contributed by atoms with E-state index in [0.717, 1.165) is 23.7 Å². The van der Waals surface area contributed by atoms with Gasteiger partial charge in [-0.3, -0.25) is 0 Å². The Morgan fingerprint density at radius 2 is 2.00 bits per heavy atom. The third-order valence-corrected chi connectivity index (χ3v) is 4.53. The van der Waals surface area contributed by atoms with Gasteiger partial charge in [-0.15, -0.1) is 0 Å². The van der Waals surface area contributed by atoms with Gasteiger partial charge in [0.15, 0.2) is 0 Å². The standard InChI is InChI=1S/C17H23NO/c1-3-14-16(13-10-6-7-11-15(13)19-14)17(18-2)12-8-4-5-9-12/h6-7,10-12,17-18H,3-5,8-9H2,1-2H3. The highest BCUT2D eigenvalue weighted by Crippen LogP contribution is 2.40. The average Bonchev–Trinajstić information content (AvgIpc) is 3.08. The lowest BCUT2D eigenvalue weighted by Crippen LogP contribution is -2.24. The van der Waals surface area contributed by atoms with Crippen LogP contribution in [0, 0.1) is 5.92 Å². The van der Waals surface area contributed by atoms with Crippen LogP contribution in [-0.2, 0) is 6.42 Å². The maximum absolute atomic E-state index is 6.05. The fourth-order valence-corrected chi connectivity index (χ4v) is 3.63. The summed E-state index contributed by atoms with van der Waals surface area (Å²) < 4.78 is 6.05. The Balaban J connectivity index is 2.10. The Kier molecular flexibility index (Phi) is 3.61. The molecule has 2 heteroatoms. The summed E-state index contributed by atoms with van der Waals surface area (Å²) in [4.78, 5) is 0. The zero-order valence-corrected chi connectivity index (χ0v) is 11.9. The molecule has 2 nitrogen and oxygen atoms in total. The number of rotatable bonds is 4. The van der Waals surface area contributed by atoms with Crippen molar-refractivity contribution in [1.82, 2.24) is 5.32 Å². The Hall–Kier alpha value is -1.28. The molecule has 19 heavy (non-hydrogen) atoms. The van der Waals surface area contributed by atoms with E-state index in [-0.39, 0.29) is 0 Å². The quantitative estimate of drug-likeness (QED) is 0.875. The zero-order valence-electron chi connectivity index (χ0n) is 11.9. The van der Waals surface area contributed by atoms with Crippen molar-refractivity contribution in [2.75, 3.05) is 7.05 Å². The molecule has 1 saturated carbocycles. The molecule has 2 aromatic rings. The van der Waals surface area contributed by atoms with Crippen LogP contribution in [0.4, 0.5) is 0 Å². The summed E-state index contributed by atoms with van der Waals surface area (Å²) in [5.74, 6) is 1.92. The fraction of sp³-hybridized carbons (Fsp3) is 0.529. The van der Waals surface area contributed by atoms with Crippen LogP contribution in [0.25, 0.3) is 11.0 Å². The molecule has 0 radical (unpaired) electrons. The first kappa shape index (κ1) is 12.7. The summed E-state index contributed by atoms with van der Waals surface area (Å²) in [7, 11) is 2.09. The topological polar surface area (TPSA) is 25.2 Å². The predicted molar refractivity (Wildman–Crippen MR) is 79.4 cm³/mol. The smallest absolute Gasteiger partial charge is 0.134 e. The minimum atomic E-state index is 0.445. The van der Waals surface area contributed by atoms with Crippen LogP contribution in [0.3, 0.4) is 0 Å². The summed E-state index contributed by atoms with van der Waals surface area (Å²) in [6.45, 7) is 2.18. The number of fused-ring (bicyclic) bond motifs is 1. The SMILES string of the molecule is CCc1oc2ccccc2c1C(NC)C1CCCC1. The minimum absolute atomic E-state index is 0.445. The van der Waals surface area contributed by atoms with Gasteiger partial charge in [-0.05, 0) is 31.9 Å². The summed E-state index contributed by atoms with van der Waals surface area (Å²) in [6.07, 6.45) is 6.40. The van der Waals surface area contributed by atoms with Crippen LogP contribution in [0.2, 0.25) is 0 Å². The number of nitrogens with one attached hydrogen (secondary N) is 1. The second-order valence-electron chi connectivity index (χ2n) is 5.60. The van der Waals surface area contributed by atoms with E-state index in [0.29, 0.717) is 6.04 Å². The van der Waals surface area contributed by atoms with Gasteiger partial charge in [-0.1, -0.05) is 38.0 Å². The van der Waals surface area contributed by atoms with Crippen molar-refractivity contribution in [1.29, 1.82) is 0 Å². The summed E-state index contributed by atoms with van der Waals surface area (Å²) >= 11 is 0. The largest absolute Gasteiger partial charge is 0.461 e. The highest BCUT2D eigenvalue weighted by molar-refractivity contribution is 5.82. The van der Waals surface area contributed by atoms with Crippen LogP contribution in [0.5, 0.6) is 0 Å². The molecule has 102 valence electrons. The molecule has 0 aliphatic heterocycles. The minimum Gasteiger partial charge on any atom is -0.461 e. The number of para-hydroxylation sites is 1. The molecule has 1 unspecified atom stereocenters. The molecule has 3 rings (SSSR count). The van der Waals surface area contributed by atoms with Gasteiger partial charge in [-0.2, -0.15) is 0 Å². The second kappa shape index (κ2) is 5.38. The van der Waals surface area contributed by atoms with Crippen LogP contribution in [0.15, 0.2) is 28.7 Å². The van der Waals surface area contributed by atoms with E-state index in [9.17, 15) is 0 Å². The molecule has 0 spiro atoms. The van der Waals surface area contributed by atoms with Crippen LogP contribution < -0.4 is 5.32 Å². The number of furan rings is 1. The van der Waals surface area contributed by atoms with Gasteiger partial charge in [-0.25, -0.2) is 0 Å². The van der Waals surface area contributed by atoms with Crippen molar-refractivity contribution in [2.24, 2.45) is 5.92 Å². The van der Waals surface area contributed by atoms with Gasteiger partial charge in [0.1, 0.15) is 11.3 Å². The molecular formula is C17H23NO. The van der Waals surface area contributed by atoms with Crippen molar-refractivity contribution in [3.63, 3.8) is 0 Å². The lowest BCUT2D eigenvalue weighted by atomic mass is 9.89. The number of benzene rings is 1. The lowest BCUT2D eigenvalue weighted by Gasteiger charge is -2.23. The number of aryl methyl sites for hydroxylation is 1. The van der Waals surface area contributed by atoms with Crippen molar-refractivity contribution in [2.45, 2.75) is 45.1 Å². The first-order valence-corrected chi connectivity index (χ1v) is 7.52. The van der Waals surface area contributed by atoms with Gasteiger partial charge >= 0.3 is 0 Å². The van der Waals surface area contributed by atoms with E-state index in [1.165, 1.54) is 36.6 Å². The van der Waals surface area contributed by atoms with E-state index >= 15 is 0 Å². The van der Waals surface area contributed by atoms with Crippen LogP contribution in [-0.4, -0.2) is 7.05 Å². The summed E-state index contributed by atoms with van der Waals surface area (Å²) in [5, 5.41) is 4.85. The number of hydrogen-bond acceptors (Lipinski definition) is 2. The van der Waals surface area contributed by atoms with Gasteiger partial charge in [0, 0.05) is 23.4 Å². The van der Waals surface area contributed by atoms with Gasteiger partial charge in [0.2, 0.25) is 0 Å². The highest BCUT2D eigenvalue weighted by atomic mass is 16.3. The van der Waals surface area contributed by atoms with E-state index in [1.807, 2.05) is 0 Å². The van der Waals surface area contributed by atoms with Crippen molar-refractivity contribution in [3.05, 3.63) is 35.6 Å². The first-order valence-electron chi connectivity index (χ1n) is 7.52. The van der Waals surface area contributed by atoms with Gasteiger partial charge < -0.3 is 9.73 Å². The Morgan fingerprint density at radius 3 is 2.68 bits per heavy atom. The van der Waals surface area contributed by atoms with Crippen molar-refractivity contribution < 1.29 is 4.42 Å². The predicted octanol–water partition coefficient (Wildman–Crippen LogP) is 4.45. The summed E-state index contributed by atoms with van der Waals surface area (Å²) in [6, 6.07) is 8.90. The first-order chi connectivity index (χ1) is 9.35. The molecule has 1 aliphatic rings. The molecule has 1 N–H and O–H groups in total. The molecule has 1 fully saturated rings. The Morgan fingerprint density at radius 1 is 1.26 bits per heavy atom. The maximum atomic E-state index is 6.05. The molecular weight excluding hydrogens is 234 g/mol. The van der Waals surface area contributed by atoms with Crippen molar-refractivity contribution in [3.8, 4) is 0 Å². The van der Waals surface area contributed by atoms with Gasteiger partial charge in [0.25, 0.3) is 0 Å². The highest BCUT2D eigenvalue weighted by Gasteiger charge is 2.29. The normalized spacial score (nSPS) is 18.2. The molecule has 1 heterocycles. The molecule has 1 atom stereocenters. The average molecular weight is 257 g/mol. The third kappa shape index (κ3) is 2.18. The monoisotopic (exact) mass is 257 g/mol. The summed E-state index contributed by atoms with van der Waals surface area (Å²) in [5.41, 5.74) is 2.44. The van der Waals surface area contributed by atoms with Crippen LogP contribution in [0.1, 0.15) is 50.0 Å². The van der Waals surface area contributed by atoms with E-state index in [1.54, 1.807) is 0 Å². The van der Waals surface area contributed by atoms with E-state index in [2.05, 4.69) is 43.6 Å². The molecule has 1 aromatic carbocycles. The molecule has 0 amide bonds. The van der Waals surface area contributed by atoms with E-state index < -0.39 is 0 Å². The fourth-order valence-electron chi connectivity index (χ4n) is 3.63. The number of hydrogen-bond donors (Lipinski definition) is 1. The maximum Gasteiger partial charge on any atom is 0.134 e. The second-order valence-corrected chi connectivity index (χ2v) is 5.60. The van der Waals surface area contributed by atoms with E-state index in [4.69, 9.17) is 4.42 Å². The van der Waals surface area contributed by atoms with Crippen molar-refractivity contribution >= 4 is 11.0 Å². The lowest BCUT2D eigenvalue weighted by molar-refractivity contribution is 0.383. The molecule has 1 aliphatic carbocycles. The Bertz CT molecular complexity index is 551. The van der Waals surface area contributed by atoms with Gasteiger partial charge in [0.05, 0.1) is 0 Å². The molecule has 0 saturated heterocycles.